The van der Waals surface area contributed by atoms with Gasteiger partial charge in [-0.25, -0.2) is 4.39 Å². The molecule has 1 unspecified atom stereocenters. The summed E-state index contributed by atoms with van der Waals surface area (Å²) < 4.78 is 15.4. The van der Waals surface area contributed by atoms with Crippen LogP contribution in [-0.2, 0) is 4.74 Å². The van der Waals surface area contributed by atoms with Gasteiger partial charge in [0.05, 0.1) is 6.61 Å². The van der Waals surface area contributed by atoms with E-state index in [0.29, 0.717) is 6.61 Å². The minimum absolute atomic E-state index is 0.487. The van der Waals surface area contributed by atoms with Crippen LogP contribution in [0.3, 0.4) is 0 Å². The summed E-state index contributed by atoms with van der Waals surface area (Å²) in [6, 6.07) is 0. The molecule has 29 valence electrons. The van der Waals surface area contributed by atoms with Gasteiger partial charge in [0.2, 0.25) is 6.36 Å². The van der Waals surface area contributed by atoms with Gasteiger partial charge < -0.3 is 4.74 Å². The van der Waals surface area contributed by atoms with Gasteiger partial charge in [-0.2, -0.15) is 0 Å². The highest BCUT2D eigenvalue weighted by molar-refractivity contribution is 4.76. The van der Waals surface area contributed by atoms with E-state index in [1.807, 2.05) is 0 Å². The first-order valence-corrected chi connectivity index (χ1v) is 1.48. The third-order valence-electron chi connectivity index (χ3n) is 0.537. The smallest absolute Gasteiger partial charge is 0.204 e. The Morgan fingerprint density at radius 3 is 2.40 bits per heavy atom. The van der Waals surface area contributed by atoms with E-state index in [1.54, 1.807) is 0 Å². The summed E-state index contributed by atoms with van der Waals surface area (Å²) in [5.74, 6) is 0. The van der Waals surface area contributed by atoms with Gasteiger partial charge in [0.25, 0.3) is 0 Å². The number of rotatable bonds is 0. The summed E-state index contributed by atoms with van der Waals surface area (Å²) in [5, 5.41) is 0. The van der Waals surface area contributed by atoms with Gasteiger partial charge >= 0.3 is 0 Å². The maximum atomic E-state index is 11.2. The van der Waals surface area contributed by atoms with E-state index < -0.39 is 6.36 Å². The zero-order valence-electron chi connectivity index (χ0n) is 2.65. The summed E-state index contributed by atoms with van der Waals surface area (Å²) in [7, 11) is 0. The lowest BCUT2D eigenvalue weighted by Crippen LogP contribution is -2.21. The minimum atomic E-state index is -1.06. The van der Waals surface area contributed by atoms with Gasteiger partial charge in [-0.3, -0.25) is 0 Å². The molecule has 1 saturated heterocycles. The van der Waals surface area contributed by atoms with Crippen molar-refractivity contribution in [1.29, 1.82) is 0 Å². The topological polar surface area (TPSA) is 9.23 Å². The van der Waals surface area contributed by atoms with Gasteiger partial charge in [0, 0.05) is 6.42 Å². The Morgan fingerprint density at radius 2 is 2.40 bits per heavy atom. The van der Waals surface area contributed by atoms with Crippen LogP contribution in [0.25, 0.3) is 0 Å². The molecule has 1 aliphatic heterocycles. The van der Waals surface area contributed by atoms with E-state index in [-0.39, 0.29) is 0 Å². The third kappa shape index (κ3) is 0.401. The second-order valence-corrected chi connectivity index (χ2v) is 0.920. The van der Waals surface area contributed by atoms with Crippen molar-refractivity contribution in [3.05, 3.63) is 6.42 Å². The van der Waals surface area contributed by atoms with Crippen molar-refractivity contribution in [2.45, 2.75) is 6.36 Å². The predicted molar refractivity (Wildman–Crippen MR) is 15.1 cm³/mol. The van der Waals surface area contributed by atoms with E-state index in [0.717, 1.165) is 0 Å². The molecule has 1 rings (SSSR count). The summed E-state index contributed by atoms with van der Waals surface area (Å²) in [5.41, 5.74) is 0. The zero-order valence-corrected chi connectivity index (χ0v) is 2.65. The quantitative estimate of drug-likeness (QED) is 0.407. The average Bonchev–Trinajstić information content (AvgIpc) is 1.30. The van der Waals surface area contributed by atoms with Crippen LogP contribution in [0.2, 0.25) is 0 Å². The van der Waals surface area contributed by atoms with E-state index in [2.05, 4.69) is 4.74 Å². The van der Waals surface area contributed by atoms with Crippen molar-refractivity contribution in [2.75, 3.05) is 6.61 Å². The fraction of sp³-hybridized carbons (Fsp3) is 0.667. The largest absolute Gasteiger partial charge is 0.347 e. The molecule has 0 saturated carbocycles. The van der Waals surface area contributed by atoms with Crippen molar-refractivity contribution in [2.24, 2.45) is 0 Å². The molecule has 0 aromatic heterocycles. The highest BCUT2D eigenvalue weighted by Crippen LogP contribution is 2.08. The molecule has 1 nitrogen and oxygen atoms in total. The van der Waals surface area contributed by atoms with Gasteiger partial charge in [-0.1, -0.05) is 0 Å². The van der Waals surface area contributed by atoms with Gasteiger partial charge in [-0.05, 0) is 0 Å². The van der Waals surface area contributed by atoms with E-state index >= 15 is 0 Å². The molecule has 0 bridgehead atoms. The number of hydrogen-bond donors (Lipinski definition) is 0. The molecule has 1 radical (unpaired) electrons. The molecule has 0 aromatic rings. The van der Waals surface area contributed by atoms with Crippen LogP contribution >= 0.6 is 0 Å². The normalized spacial score (nSPS) is 36.6. The fourth-order valence-electron chi connectivity index (χ4n) is 0.169. The lowest BCUT2D eigenvalue weighted by Gasteiger charge is -2.15. The molecule has 1 aliphatic rings. The number of halogens is 1. The molecule has 0 aromatic carbocycles. The van der Waals surface area contributed by atoms with Crippen LogP contribution in [-0.4, -0.2) is 13.0 Å². The standard InChI is InChI=1S/C3H4FO/c4-3-1-2-5-3/h1,3H,2H2. The monoisotopic (exact) mass is 75.0 g/mol. The maximum Gasteiger partial charge on any atom is 0.204 e. The van der Waals surface area contributed by atoms with Gasteiger partial charge in [0.1, 0.15) is 0 Å². The highest BCUT2D eigenvalue weighted by Gasteiger charge is 2.15. The summed E-state index contributed by atoms with van der Waals surface area (Å²) in [6.07, 6.45) is 0.398. The number of alkyl halides is 1. The van der Waals surface area contributed by atoms with E-state index in [9.17, 15) is 4.39 Å². The van der Waals surface area contributed by atoms with E-state index in [1.165, 1.54) is 6.42 Å². The van der Waals surface area contributed by atoms with Crippen molar-refractivity contribution < 1.29 is 9.13 Å². The number of ether oxygens (including phenoxy) is 1. The number of hydrogen-bond acceptors (Lipinski definition) is 1. The maximum absolute atomic E-state index is 11.2. The van der Waals surface area contributed by atoms with Crippen molar-refractivity contribution in [3.8, 4) is 0 Å². The van der Waals surface area contributed by atoms with E-state index in [4.69, 9.17) is 0 Å². The first-order valence-electron chi connectivity index (χ1n) is 1.48. The molecule has 1 heterocycles. The average molecular weight is 75.1 g/mol. The Labute approximate surface area is 29.7 Å². The molecule has 5 heavy (non-hydrogen) atoms. The Morgan fingerprint density at radius 1 is 2.00 bits per heavy atom. The third-order valence-corrected chi connectivity index (χ3v) is 0.537. The molecular weight excluding hydrogens is 71.0 g/mol. The molecule has 1 fully saturated rings. The predicted octanol–water partition coefficient (Wildman–Crippen LogP) is 0.516. The Bertz CT molecular complexity index is 33.9. The van der Waals surface area contributed by atoms with Crippen LogP contribution in [0.15, 0.2) is 0 Å². The van der Waals surface area contributed by atoms with Crippen LogP contribution in [0.4, 0.5) is 4.39 Å². The molecular formula is C3H4FO. The summed E-state index contributed by atoms with van der Waals surface area (Å²) >= 11 is 0. The summed E-state index contributed by atoms with van der Waals surface area (Å²) in [6.45, 7) is 0.487. The minimum Gasteiger partial charge on any atom is -0.347 e. The zero-order chi connectivity index (χ0) is 3.70. The lowest BCUT2D eigenvalue weighted by molar-refractivity contribution is -0.0774. The first kappa shape index (κ1) is 3.09. The van der Waals surface area contributed by atoms with Crippen LogP contribution in [0.5, 0.6) is 0 Å². The Hall–Kier alpha value is -0.110. The highest BCUT2D eigenvalue weighted by atomic mass is 19.1. The van der Waals surface area contributed by atoms with Gasteiger partial charge in [0.15, 0.2) is 0 Å². The second kappa shape index (κ2) is 0.937. The van der Waals surface area contributed by atoms with Crippen LogP contribution in [0, 0.1) is 6.42 Å². The van der Waals surface area contributed by atoms with Crippen LogP contribution < -0.4 is 0 Å². The Balaban J connectivity index is 2.08. The molecule has 2 heteroatoms. The fourth-order valence-corrected chi connectivity index (χ4v) is 0.169. The first-order chi connectivity index (χ1) is 2.39. The summed E-state index contributed by atoms with van der Waals surface area (Å²) in [4.78, 5) is 0. The SMILES string of the molecule is FC1[CH]CO1. The second-order valence-electron chi connectivity index (χ2n) is 0.920. The van der Waals surface area contributed by atoms with Crippen LogP contribution in [0.1, 0.15) is 0 Å². The van der Waals surface area contributed by atoms with Crippen molar-refractivity contribution in [1.82, 2.24) is 0 Å². The molecule has 0 aliphatic carbocycles. The lowest BCUT2D eigenvalue weighted by atomic mass is 10.4. The molecule has 1 atom stereocenters. The molecule has 0 N–H and O–H groups in total. The molecule has 0 amide bonds. The Kier molecular flexibility index (Phi) is 0.580. The van der Waals surface area contributed by atoms with Crippen molar-refractivity contribution >= 4 is 0 Å². The van der Waals surface area contributed by atoms with Crippen molar-refractivity contribution in [3.63, 3.8) is 0 Å². The van der Waals surface area contributed by atoms with Gasteiger partial charge in [-0.15, -0.1) is 0 Å². The molecule has 0 spiro atoms.